The maximum atomic E-state index is 10.0. The lowest BCUT2D eigenvalue weighted by molar-refractivity contribution is 0.663. The largest absolute Gasteiger partial charge is 0.456 e. The highest BCUT2D eigenvalue weighted by atomic mass is 16.3. The normalized spacial score (nSPS) is 17.7. The van der Waals surface area contributed by atoms with E-state index in [9.17, 15) is 16.4 Å². The molecule has 2 heterocycles. The summed E-state index contributed by atoms with van der Waals surface area (Å²) < 4.78 is 224. The number of furan rings is 2. The zero-order chi connectivity index (χ0) is 56.8. The summed E-state index contributed by atoms with van der Waals surface area (Å²) in [5, 5.41) is -3.68. The second-order valence-electron chi connectivity index (χ2n) is 12.9. The molecule has 0 saturated carbocycles. The second-order valence-corrected chi connectivity index (χ2v) is 12.9. The lowest BCUT2D eigenvalue weighted by Crippen LogP contribution is -1.93. The smallest absolute Gasteiger partial charge is 0.136 e. The number of rotatable bonds is 4. The van der Waals surface area contributed by atoms with Crippen molar-refractivity contribution in [3.63, 3.8) is 0 Å². The zero-order valence-electron chi connectivity index (χ0n) is 51.5. The maximum Gasteiger partial charge on any atom is 0.136 e. The molecule has 0 bridgehead atoms. The Hall–Kier alpha value is -7.42. The molecule has 2 heteroatoms. The molecule has 0 unspecified atom stereocenters. The van der Waals surface area contributed by atoms with Gasteiger partial charge < -0.3 is 8.83 Å². The maximum absolute atomic E-state index is 10.0. The summed E-state index contributed by atoms with van der Waals surface area (Å²) in [6, 6.07) is -2.05. The van der Waals surface area contributed by atoms with Crippen LogP contribution in [0, 0.1) is 0 Å². The summed E-state index contributed by atoms with van der Waals surface area (Å²) in [6.45, 7) is 0. The molecule has 260 valence electrons. The molecule has 0 fully saturated rings. The summed E-state index contributed by atoms with van der Waals surface area (Å²) in [7, 11) is 0. The van der Waals surface area contributed by atoms with Crippen molar-refractivity contribution in [1.82, 2.24) is 0 Å². The van der Waals surface area contributed by atoms with Crippen LogP contribution in [0.1, 0.15) is 31.5 Å². The van der Waals surface area contributed by atoms with Crippen LogP contribution in [0.15, 0.2) is 202 Å². The van der Waals surface area contributed by atoms with Gasteiger partial charge in [0, 0.05) is 21.5 Å². The van der Waals surface area contributed by atoms with Crippen molar-refractivity contribution in [2.75, 3.05) is 0 Å². The number of para-hydroxylation sites is 1. The molecular weight excluding hydrogens is 681 g/mol. The van der Waals surface area contributed by atoms with Gasteiger partial charge in [-0.1, -0.05) is 157 Å². The van der Waals surface area contributed by atoms with Crippen LogP contribution in [0.3, 0.4) is 0 Å². The minimum atomic E-state index is -0.940. The van der Waals surface area contributed by atoms with E-state index in [1.54, 1.807) is 54.6 Å². The van der Waals surface area contributed by atoms with Gasteiger partial charge in [0.15, 0.2) is 0 Å². The van der Waals surface area contributed by atoms with Gasteiger partial charge in [0.1, 0.15) is 22.3 Å². The topological polar surface area (TPSA) is 26.3 Å². The molecule has 0 atom stereocenters. The molecule has 0 saturated heterocycles. The van der Waals surface area contributed by atoms with Crippen LogP contribution in [-0.2, 0) is 0 Å². The first-order valence-corrected chi connectivity index (χ1v) is 17.3. The third-order valence-electron chi connectivity index (χ3n) is 9.93. The van der Waals surface area contributed by atoms with E-state index in [2.05, 4.69) is 0 Å². The number of hydrogen-bond donors (Lipinski definition) is 0. The molecule has 0 aliphatic heterocycles. The number of benzene rings is 10. The number of fused-ring (bicyclic) bond motifs is 10. The van der Waals surface area contributed by atoms with Gasteiger partial charge in [-0.05, 0) is 113 Å². The van der Waals surface area contributed by atoms with E-state index >= 15 is 0 Å². The van der Waals surface area contributed by atoms with Gasteiger partial charge in [-0.15, -0.1) is 0 Å². The molecule has 0 radical (unpaired) electrons. The molecule has 10 aromatic carbocycles. The Morgan fingerprint density at radius 3 is 1.62 bits per heavy atom. The van der Waals surface area contributed by atoms with Gasteiger partial charge in [0.25, 0.3) is 0 Å². The van der Waals surface area contributed by atoms with E-state index in [0.29, 0.717) is 11.1 Å². The highest BCUT2D eigenvalue weighted by Crippen LogP contribution is 2.47. The lowest BCUT2D eigenvalue weighted by Gasteiger charge is -2.20. The van der Waals surface area contributed by atoms with Crippen LogP contribution in [0.5, 0.6) is 0 Å². The van der Waals surface area contributed by atoms with Crippen molar-refractivity contribution in [2.24, 2.45) is 0 Å². The van der Waals surface area contributed by atoms with Gasteiger partial charge >= 0.3 is 0 Å². The summed E-state index contributed by atoms with van der Waals surface area (Å²) in [5.74, 6) is 0. The van der Waals surface area contributed by atoms with Crippen molar-refractivity contribution in [1.29, 1.82) is 0 Å². The fourth-order valence-electron chi connectivity index (χ4n) is 7.55. The molecular formula is C54H32O2. The van der Waals surface area contributed by atoms with Crippen LogP contribution in [0.4, 0.5) is 0 Å². The van der Waals surface area contributed by atoms with E-state index in [-0.39, 0.29) is 54.6 Å². The summed E-state index contributed by atoms with van der Waals surface area (Å²) in [6.07, 6.45) is 0. The molecule has 12 rings (SSSR count). The van der Waals surface area contributed by atoms with E-state index in [4.69, 9.17) is 23.9 Å². The second kappa shape index (κ2) is 12.0. The summed E-state index contributed by atoms with van der Waals surface area (Å²) in [4.78, 5) is 0. The molecule has 0 aliphatic rings. The monoisotopic (exact) mass is 735 g/mol. The Balaban J connectivity index is 1.25. The molecule has 0 spiro atoms. The SMILES string of the molecule is [2H]c1c([2H])c([2H])c2c(oc3c([2H])c([2H])c4oc5c([2H])c(-c6c([2H])c([2H])c([2H])c7c([2H])c(-c8c9c([2H])c([2H])c([2H])c([2H])c9c(-c9ccccc9-c9ccccc9)c9c([2H])c([2H])c([2H])c([2H])c89)c([2H])c([2H])c67)c([2H])c([2H])c5c4c32)c1[2H]. The van der Waals surface area contributed by atoms with E-state index in [1.165, 1.54) is 0 Å². The van der Waals surface area contributed by atoms with Crippen LogP contribution < -0.4 is 0 Å². The quantitative estimate of drug-likeness (QED) is 0.168. The Morgan fingerprint density at radius 2 is 0.893 bits per heavy atom. The molecule has 2 nitrogen and oxygen atoms in total. The minimum Gasteiger partial charge on any atom is -0.456 e. The highest BCUT2D eigenvalue weighted by molar-refractivity contribution is 6.26. The van der Waals surface area contributed by atoms with Gasteiger partial charge in [0.2, 0.25) is 0 Å². The van der Waals surface area contributed by atoms with Gasteiger partial charge in [-0.2, -0.15) is 0 Å². The molecule has 0 aliphatic carbocycles. The standard InChI is InChI=1S/C54H32O2/c1-2-13-33(14-3-1)37-16-4-5-17-40(37)52-43-20-8-6-18-41(43)51(42-19-7-9-21-44(42)52)36-26-27-39-34(31-36)15-12-23-38(39)35-25-28-46-50(32-35)56-49-30-29-48-53(54(46)49)45-22-10-11-24-47(45)55-48/h1-32H/i6D,7D,8D,9D,10D,11D,12D,15D,18D,19D,20D,21D,22D,23D,24D,25D,26D,27D,28D,29D,30D,31D,32D. The van der Waals surface area contributed by atoms with Crippen molar-refractivity contribution < 1.29 is 40.4 Å². The van der Waals surface area contributed by atoms with Crippen LogP contribution in [-0.4, -0.2) is 0 Å². The van der Waals surface area contributed by atoms with E-state index in [1.807, 2.05) is 0 Å². The van der Waals surface area contributed by atoms with Gasteiger partial charge in [-0.25, -0.2) is 0 Å². The van der Waals surface area contributed by atoms with Crippen LogP contribution in [0.2, 0.25) is 0 Å². The Kier molecular flexibility index (Phi) is 3.47. The van der Waals surface area contributed by atoms with Gasteiger partial charge in [0.05, 0.1) is 31.5 Å². The molecule has 12 aromatic rings. The zero-order valence-corrected chi connectivity index (χ0v) is 28.5. The van der Waals surface area contributed by atoms with Crippen molar-refractivity contribution in [3.05, 3.63) is 194 Å². The molecule has 0 N–H and O–H groups in total. The Labute approximate surface area is 354 Å². The third kappa shape index (κ3) is 4.57. The highest BCUT2D eigenvalue weighted by Gasteiger charge is 2.20. The van der Waals surface area contributed by atoms with Crippen LogP contribution >= 0.6 is 0 Å². The van der Waals surface area contributed by atoms with Crippen molar-refractivity contribution in [2.45, 2.75) is 0 Å². The first kappa shape index (κ1) is 16.1. The van der Waals surface area contributed by atoms with Crippen LogP contribution in [0.25, 0.3) is 121 Å². The summed E-state index contributed by atoms with van der Waals surface area (Å²) >= 11 is 0. The summed E-state index contributed by atoms with van der Waals surface area (Å²) in [5.41, 5.74) is -2.91. The fraction of sp³-hybridized carbons (Fsp3) is 0. The fourth-order valence-corrected chi connectivity index (χ4v) is 7.55. The number of hydrogen-bond acceptors (Lipinski definition) is 2. The molecule has 0 amide bonds. The van der Waals surface area contributed by atoms with Crippen molar-refractivity contribution in [3.8, 4) is 44.5 Å². The third-order valence-corrected chi connectivity index (χ3v) is 9.93. The van der Waals surface area contributed by atoms with Crippen molar-refractivity contribution >= 4 is 76.2 Å². The Morgan fingerprint density at radius 1 is 0.321 bits per heavy atom. The average molecular weight is 736 g/mol. The van der Waals surface area contributed by atoms with E-state index < -0.39 is 194 Å². The predicted molar refractivity (Wildman–Crippen MR) is 235 cm³/mol. The minimum absolute atomic E-state index is 0.0476. The first-order chi connectivity index (χ1) is 37.4. The van der Waals surface area contributed by atoms with Gasteiger partial charge in [-0.3, -0.25) is 0 Å². The predicted octanol–water partition coefficient (Wildman–Crippen LogP) is 15.6. The van der Waals surface area contributed by atoms with E-state index in [0.717, 1.165) is 0 Å². The first-order valence-electron chi connectivity index (χ1n) is 28.8. The Bertz CT molecular complexity index is 4790. The lowest BCUT2D eigenvalue weighted by atomic mass is 9.83. The average Bonchev–Trinajstić information content (AvgIpc) is 3.82. The molecule has 56 heavy (non-hydrogen) atoms. The molecule has 2 aromatic heterocycles.